The van der Waals surface area contributed by atoms with Gasteiger partial charge in [-0.15, -0.1) is 22.7 Å². The molecule has 3 rings (SSSR count). The summed E-state index contributed by atoms with van der Waals surface area (Å²) in [5, 5.41) is 5.03. The van der Waals surface area contributed by atoms with E-state index >= 15 is 0 Å². The number of nitrogens with zero attached hydrogens (tertiary/aromatic N) is 2. The molecule has 2 heterocycles. The highest BCUT2D eigenvalue weighted by Crippen LogP contribution is 2.29. The second-order valence-electron chi connectivity index (χ2n) is 6.45. The van der Waals surface area contributed by atoms with Gasteiger partial charge in [-0.3, -0.25) is 4.79 Å². The third kappa shape index (κ3) is 3.99. The van der Waals surface area contributed by atoms with Crippen LogP contribution in [0.2, 0.25) is 0 Å². The van der Waals surface area contributed by atoms with Gasteiger partial charge in [0.25, 0.3) is 0 Å². The third-order valence-corrected chi connectivity index (χ3v) is 5.96. The molecule has 0 atom stereocenters. The zero-order valence-corrected chi connectivity index (χ0v) is 16.6. The summed E-state index contributed by atoms with van der Waals surface area (Å²) in [6, 6.07) is 10.4. The van der Waals surface area contributed by atoms with Crippen LogP contribution in [0, 0.1) is 13.8 Å². The lowest BCUT2D eigenvalue weighted by Gasteiger charge is -2.28. The number of hydrogen-bond donors (Lipinski definition) is 0. The molecular formula is C20H22N2OS2. The van der Waals surface area contributed by atoms with Crippen molar-refractivity contribution in [3.63, 3.8) is 0 Å². The van der Waals surface area contributed by atoms with Crippen LogP contribution in [-0.2, 0) is 11.2 Å². The van der Waals surface area contributed by atoms with Gasteiger partial charge >= 0.3 is 0 Å². The molecule has 0 aliphatic rings. The van der Waals surface area contributed by atoms with Crippen molar-refractivity contribution in [2.24, 2.45) is 0 Å². The molecule has 0 unspecified atom stereocenters. The summed E-state index contributed by atoms with van der Waals surface area (Å²) < 4.78 is 0. The predicted octanol–water partition coefficient (Wildman–Crippen LogP) is 5.47. The average Bonchev–Trinajstić information content (AvgIpc) is 3.21. The Bertz CT molecular complexity index is 866. The third-order valence-electron chi connectivity index (χ3n) is 4.03. The van der Waals surface area contributed by atoms with Crippen LogP contribution in [0.4, 0.5) is 5.69 Å². The molecule has 0 fully saturated rings. The Labute approximate surface area is 157 Å². The summed E-state index contributed by atoms with van der Waals surface area (Å²) in [5.74, 6) is 0.0896. The van der Waals surface area contributed by atoms with Crippen molar-refractivity contribution in [1.82, 2.24) is 4.98 Å². The molecule has 3 aromatic rings. The number of thiazole rings is 1. The van der Waals surface area contributed by atoms with Crippen LogP contribution in [0.1, 0.15) is 30.7 Å². The van der Waals surface area contributed by atoms with E-state index in [0.29, 0.717) is 6.42 Å². The minimum atomic E-state index is 0.0896. The van der Waals surface area contributed by atoms with Crippen LogP contribution in [-0.4, -0.2) is 16.9 Å². The number of aryl methyl sites for hydroxylation is 2. The largest absolute Gasteiger partial charge is 0.309 e. The molecule has 0 N–H and O–H groups in total. The number of hydrogen-bond acceptors (Lipinski definition) is 4. The maximum Gasteiger partial charge on any atom is 0.233 e. The number of carbonyl (C=O) groups is 1. The molecule has 130 valence electrons. The van der Waals surface area contributed by atoms with E-state index in [0.717, 1.165) is 32.4 Å². The van der Waals surface area contributed by atoms with E-state index in [-0.39, 0.29) is 11.9 Å². The van der Waals surface area contributed by atoms with Gasteiger partial charge in [0.05, 0.1) is 17.0 Å². The Morgan fingerprint density at radius 1 is 1.20 bits per heavy atom. The molecule has 0 saturated heterocycles. The SMILES string of the molecule is Cc1ccc(C)c(N(C(=O)Cc2csc(-c3cccs3)n2)C(C)C)c1. The fourth-order valence-electron chi connectivity index (χ4n) is 2.82. The van der Waals surface area contributed by atoms with Gasteiger partial charge in [0.15, 0.2) is 0 Å². The second-order valence-corrected chi connectivity index (χ2v) is 8.25. The summed E-state index contributed by atoms with van der Waals surface area (Å²) in [5.41, 5.74) is 4.11. The first-order valence-corrected chi connectivity index (χ1v) is 10.1. The lowest BCUT2D eigenvalue weighted by Crippen LogP contribution is -2.38. The number of carbonyl (C=O) groups excluding carboxylic acids is 1. The number of benzene rings is 1. The van der Waals surface area contributed by atoms with Gasteiger partial charge in [0, 0.05) is 17.1 Å². The van der Waals surface area contributed by atoms with Gasteiger partial charge in [-0.2, -0.15) is 0 Å². The number of rotatable bonds is 5. The molecule has 25 heavy (non-hydrogen) atoms. The van der Waals surface area contributed by atoms with Crippen LogP contribution in [0.3, 0.4) is 0 Å². The van der Waals surface area contributed by atoms with Crippen LogP contribution in [0.25, 0.3) is 9.88 Å². The molecule has 0 saturated carbocycles. The lowest BCUT2D eigenvalue weighted by atomic mass is 10.1. The number of anilines is 1. The summed E-state index contributed by atoms with van der Waals surface area (Å²) in [7, 11) is 0. The molecule has 1 amide bonds. The quantitative estimate of drug-likeness (QED) is 0.596. The Morgan fingerprint density at radius 3 is 2.68 bits per heavy atom. The monoisotopic (exact) mass is 370 g/mol. The van der Waals surface area contributed by atoms with Crippen molar-refractivity contribution in [2.45, 2.75) is 40.2 Å². The number of aromatic nitrogens is 1. The smallest absolute Gasteiger partial charge is 0.233 e. The molecule has 3 nitrogen and oxygen atoms in total. The van der Waals surface area contributed by atoms with Crippen molar-refractivity contribution < 1.29 is 4.79 Å². The van der Waals surface area contributed by atoms with Gasteiger partial charge in [0.2, 0.25) is 5.91 Å². The van der Waals surface area contributed by atoms with Gasteiger partial charge in [-0.05, 0) is 56.3 Å². The summed E-state index contributed by atoms with van der Waals surface area (Å²) in [4.78, 5) is 20.7. The average molecular weight is 371 g/mol. The first-order chi connectivity index (χ1) is 12.0. The van der Waals surface area contributed by atoms with E-state index in [1.54, 1.807) is 22.7 Å². The zero-order valence-electron chi connectivity index (χ0n) is 14.9. The molecule has 0 aliphatic heterocycles. The fourth-order valence-corrected chi connectivity index (χ4v) is 4.46. The number of amides is 1. The van der Waals surface area contributed by atoms with Crippen molar-refractivity contribution in [3.05, 3.63) is 57.9 Å². The Morgan fingerprint density at radius 2 is 2.00 bits per heavy atom. The molecule has 0 bridgehead atoms. The number of thiophene rings is 1. The highest BCUT2D eigenvalue weighted by atomic mass is 32.1. The molecular weight excluding hydrogens is 348 g/mol. The summed E-state index contributed by atoms with van der Waals surface area (Å²) >= 11 is 3.27. The first kappa shape index (κ1) is 17.8. The highest BCUT2D eigenvalue weighted by Gasteiger charge is 2.22. The van der Waals surface area contributed by atoms with E-state index < -0.39 is 0 Å². The van der Waals surface area contributed by atoms with Crippen molar-refractivity contribution in [1.29, 1.82) is 0 Å². The summed E-state index contributed by atoms with van der Waals surface area (Å²) in [6.45, 7) is 8.21. The maximum absolute atomic E-state index is 13.0. The minimum Gasteiger partial charge on any atom is -0.309 e. The molecule has 0 spiro atoms. The van der Waals surface area contributed by atoms with Gasteiger partial charge in [-0.25, -0.2) is 4.98 Å². The molecule has 0 aliphatic carbocycles. The van der Waals surface area contributed by atoms with E-state index in [2.05, 4.69) is 56.9 Å². The Hall–Kier alpha value is -1.98. The van der Waals surface area contributed by atoms with Crippen LogP contribution in [0.5, 0.6) is 0 Å². The van der Waals surface area contributed by atoms with E-state index in [9.17, 15) is 4.79 Å². The van der Waals surface area contributed by atoms with Crippen LogP contribution >= 0.6 is 22.7 Å². The van der Waals surface area contributed by atoms with Gasteiger partial charge < -0.3 is 4.90 Å². The van der Waals surface area contributed by atoms with E-state index in [1.165, 1.54) is 0 Å². The topological polar surface area (TPSA) is 33.2 Å². The van der Waals surface area contributed by atoms with Gasteiger partial charge in [0.1, 0.15) is 5.01 Å². The Balaban J connectivity index is 1.83. The normalized spacial score (nSPS) is 11.1. The molecule has 5 heteroatoms. The van der Waals surface area contributed by atoms with Crippen molar-refractivity contribution in [3.8, 4) is 9.88 Å². The predicted molar refractivity (Wildman–Crippen MR) is 108 cm³/mol. The molecule has 2 aromatic heterocycles. The molecule has 0 radical (unpaired) electrons. The van der Waals surface area contributed by atoms with E-state index in [1.807, 2.05) is 21.7 Å². The van der Waals surface area contributed by atoms with E-state index in [4.69, 9.17) is 0 Å². The molecule has 1 aromatic carbocycles. The first-order valence-electron chi connectivity index (χ1n) is 8.33. The van der Waals surface area contributed by atoms with Crippen LogP contribution < -0.4 is 4.90 Å². The van der Waals surface area contributed by atoms with Crippen molar-refractivity contribution >= 4 is 34.3 Å². The van der Waals surface area contributed by atoms with Crippen molar-refractivity contribution in [2.75, 3.05) is 4.90 Å². The fraction of sp³-hybridized carbons (Fsp3) is 0.300. The Kier molecular flexibility index (Phi) is 5.35. The highest BCUT2D eigenvalue weighted by molar-refractivity contribution is 7.20. The van der Waals surface area contributed by atoms with Gasteiger partial charge in [-0.1, -0.05) is 18.2 Å². The minimum absolute atomic E-state index is 0.0896. The standard InChI is InChI=1S/C20H22N2OS2/c1-13(2)22(17-10-14(3)7-8-15(17)4)19(23)11-16-12-25-20(21-16)18-6-5-9-24-18/h5-10,12-13H,11H2,1-4H3. The zero-order chi connectivity index (χ0) is 18.0. The van der Waals surface area contributed by atoms with Crippen LogP contribution in [0.15, 0.2) is 41.1 Å². The second kappa shape index (κ2) is 7.50. The summed E-state index contributed by atoms with van der Waals surface area (Å²) in [6.07, 6.45) is 0.327. The maximum atomic E-state index is 13.0. The lowest BCUT2D eigenvalue weighted by molar-refractivity contribution is -0.118.